The molecule has 8 aliphatic heterocycles. The minimum absolute atomic E-state index is 0. The zero-order chi connectivity index (χ0) is 99.6. The van der Waals surface area contributed by atoms with Gasteiger partial charge in [-0.1, -0.05) is 103 Å². The van der Waals surface area contributed by atoms with Crippen LogP contribution in [0, 0.1) is 26.7 Å². The van der Waals surface area contributed by atoms with Gasteiger partial charge in [0.1, 0.15) is 43.7 Å². The number of Topliss-reactive ketones (excluding diaryl/α,β-unsaturated/α-hetero) is 1. The Hall–Kier alpha value is -10.1. The second-order valence-corrected chi connectivity index (χ2v) is 40.5. The molecule has 0 saturated heterocycles. The van der Waals surface area contributed by atoms with Gasteiger partial charge >= 0.3 is 0 Å². The summed E-state index contributed by atoms with van der Waals surface area (Å²) in [5.74, 6) is 4.74. The molecule has 760 valence electrons. The van der Waals surface area contributed by atoms with Crippen LogP contribution in [0.25, 0.3) is 0 Å². The molecular formula is C117H135N7O18SY2-2. The molecule has 18 rings (SSSR count). The number of anilines is 6. The van der Waals surface area contributed by atoms with Gasteiger partial charge in [0, 0.05) is 205 Å². The van der Waals surface area contributed by atoms with Crippen LogP contribution in [0.5, 0.6) is 34.5 Å². The molecule has 25 nitrogen and oxygen atoms in total. The van der Waals surface area contributed by atoms with E-state index in [-0.39, 0.29) is 156 Å². The number of fused-ring (bicyclic) bond motifs is 16. The van der Waals surface area contributed by atoms with Crippen LogP contribution in [0.4, 0.5) is 34.1 Å². The average molecular weight is 2140 g/mol. The SMILES string of the molecule is CCC(=O)CCCN(CCOCCOCCOC)c1cc(COc2cc3c(cc2C)C(=O)N2c4ccccc4C[C@H]2CC3)cc(COc2cc3c(cc2OC)C(=O)N2c4ccccc4C[C@H]2[CH-]C3)c1.CNC(=O)CCCSC(C)(C)CN(CCOCCOCCOC)c1cc(COc2cc3c(cc2C)C(=O)N2c4ccccc4C[C@H]2[CH-]C3)cc(COc2cc3c(cc2OC)C(=O)N2c4ccccc4C[C@H]2CC3)c1.[Y].[Y]. The van der Waals surface area contributed by atoms with Crippen LogP contribution in [0.2, 0.25) is 0 Å². The minimum atomic E-state index is -0.191. The van der Waals surface area contributed by atoms with E-state index in [0.29, 0.717) is 170 Å². The van der Waals surface area contributed by atoms with E-state index in [0.717, 1.165) is 170 Å². The first-order chi connectivity index (χ1) is 69.6. The number of amides is 5. The summed E-state index contributed by atoms with van der Waals surface area (Å²) in [7, 11) is 8.20. The molecule has 0 aromatic heterocycles. The first kappa shape index (κ1) is 109. The Morgan fingerprint density at radius 1 is 0.414 bits per heavy atom. The summed E-state index contributed by atoms with van der Waals surface area (Å²) in [6, 6.07) is 61.6. The van der Waals surface area contributed by atoms with E-state index in [9.17, 15) is 28.8 Å². The van der Waals surface area contributed by atoms with Crippen LogP contribution in [0.1, 0.15) is 185 Å². The number of nitrogens with one attached hydrogen (secondary N) is 1. The molecule has 1 N–H and O–H groups in total. The largest absolute Gasteiger partial charge is 0.493 e. The van der Waals surface area contributed by atoms with Gasteiger partial charge in [-0.2, -0.15) is 24.6 Å². The summed E-state index contributed by atoms with van der Waals surface area (Å²) in [6.45, 7) is 18.8. The van der Waals surface area contributed by atoms with Crippen LogP contribution in [0.3, 0.4) is 0 Å². The number of ketones is 1. The quantitative estimate of drug-likeness (QED) is 0.0275. The number of methoxy groups -OCH3 is 4. The van der Waals surface area contributed by atoms with Crippen molar-refractivity contribution in [3.05, 3.63) is 295 Å². The van der Waals surface area contributed by atoms with Crippen molar-refractivity contribution < 1.29 is 151 Å². The van der Waals surface area contributed by atoms with E-state index in [1.54, 1.807) is 35.5 Å². The molecule has 0 spiro atoms. The van der Waals surface area contributed by atoms with Gasteiger partial charge < -0.3 is 104 Å². The Balaban J connectivity index is 0.000000215. The topological polar surface area (TPSA) is 245 Å². The van der Waals surface area contributed by atoms with Gasteiger partial charge in [0.2, 0.25) is 5.91 Å². The summed E-state index contributed by atoms with van der Waals surface area (Å²) < 4.78 is 72.2. The Morgan fingerprint density at radius 3 is 1.23 bits per heavy atom. The number of hydrogen-bond donors (Lipinski definition) is 1. The second kappa shape index (κ2) is 51.7. The third kappa shape index (κ3) is 26.4. The molecule has 0 fully saturated rings. The van der Waals surface area contributed by atoms with Gasteiger partial charge in [0.15, 0.2) is 23.0 Å². The number of aryl methyl sites for hydroxylation is 4. The maximum Gasteiger partial charge on any atom is 0.258 e. The van der Waals surface area contributed by atoms with Crippen molar-refractivity contribution in [3.63, 3.8) is 0 Å². The van der Waals surface area contributed by atoms with E-state index < -0.39 is 0 Å². The van der Waals surface area contributed by atoms with Crippen molar-refractivity contribution in [2.24, 2.45) is 0 Å². The maximum atomic E-state index is 14.3. The molecule has 10 aromatic carbocycles. The van der Waals surface area contributed by atoms with Crippen molar-refractivity contribution in [1.82, 2.24) is 5.32 Å². The van der Waals surface area contributed by atoms with Crippen molar-refractivity contribution in [3.8, 4) is 34.5 Å². The molecule has 0 unspecified atom stereocenters. The number of rotatable bonds is 46. The molecule has 2 radical (unpaired) electrons. The fourth-order valence-electron chi connectivity index (χ4n) is 21.0. The predicted octanol–water partition coefficient (Wildman–Crippen LogP) is 18.8. The zero-order valence-electron chi connectivity index (χ0n) is 85.4. The second-order valence-electron chi connectivity index (χ2n) is 38.7. The van der Waals surface area contributed by atoms with Crippen LogP contribution >= 0.6 is 11.8 Å². The number of thioether (sulfide) groups is 1. The van der Waals surface area contributed by atoms with E-state index in [1.807, 2.05) is 161 Å². The summed E-state index contributed by atoms with van der Waals surface area (Å²) in [5.41, 5.74) is 22.7. The van der Waals surface area contributed by atoms with E-state index in [4.69, 9.17) is 56.8 Å². The molecule has 8 aliphatic rings. The molecule has 5 amide bonds. The van der Waals surface area contributed by atoms with Crippen LogP contribution in [-0.4, -0.2) is 198 Å². The number of ether oxygens (including phenoxy) is 12. The standard InChI is InChI=1S/C60H71N4O9S.C57H64N3O9.2Y/c1-40-28-50-43(17-19-47-32-45-12-7-9-14-52(45)63(47)58(50)66)34-54(40)72-37-41-29-42(31-49(30-41)62(21-22-70-25-26-71-24-23-68-5)39-60(2,3)74-27-11-16-57(65)61-4)38-73-56-35-44-18-20-48-33-46-13-8-10-15-53(46)64(48)59(67)51(44)36-55(56)69-6;1-5-48(61)13-10-20-58(21-22-66-25-26-67-24-23-64-3)47-29-39(36-68-53-33-41-16-18-45-31-43-11-6-8-14-51(43)59(45)56(62)49(41)27-38(53)2)28-40(30-47)37-69-55-34-42-17-19-46-32-44-12-7-9-15-52(44)60(46)57(63)50(42)35-54(55)65-4;;/h7-10,12-15,19,28-31,34-36,47-48H,11,16-18,20-27,32-33,37-39H2,1-6H3,(H,61,65);6-9,11-12,14-15,19,27-30,33-35,45-46H,5,10,13,16-18,20-26,31-32,36-37H2,1-4H3;;/q2*-1;;/t47-,48-;45-,46-;;/m11../s1. The number of hydrogen-bond acceptors (Lipinski definition) is 21. The summed E-state index contributed by atoms with van der Waals surface area (Å²) in [4.78, 5) is 93.8. The van der Waals surface area contributed by atoms with E-state index in [2.05, 4.69) is 115 Å². The third-order valence-electron chi connectivity index (χ3n) is 28.4. The van der Waals surface area contributed by atoms with Gasteiger partial charge in [-0.3, -0.25) is 28.8 Å². The van der Waals surface area contributed by atoms with Crippen molar-refractivity contribution >= 4 is 81.2 Å². The molecule has 0 aliphatic carbocycles. The number of carbonyl (C=O) groups excluding carboxylic acids is 6. The molecule has 28 heteroatoms. The summed E-state index contributed by atoms with van der Waals surface area (Å²) >= 11 is 1.85. The third-order valence-corrected chi connectivity index (χ3v) is 29.8. The van der Waals surface area contributed by atoms with Crippen molar-refractivity contribution in [1.29, 1.82) is 0 Å². The monoisotopic (exact) mass is 2140 g/mol. The Kier molecular flexibility index (Phi) is 38.9. The summed E-state index contributed by atoms with van der Waals surface area (Å²) in [5, 5.41) is 2.74. The van der Waals surface area contributed by atoms with Crippen LogP contribution < -0.4 is 63.1 Å². The van der Waals surface area contributed by atoms with Gasteiger partial charge in [-0.15, -0.1) is 0 Å². The molecular weight excluding hydrogens is 2000 g/mol. The van der Waals surface area contributed by atoms with Gasteiger partial charge in [-0.25, -0.2) is 0 Å². The van der Waals surface area contributed by atoms with Gasteiger partial charge in [0.25, 0.3) is 23.6 Å². The molecule has 0 saturated carbocycles. The number of carbonyl (C=O) groups is 6. The van der Waals surface area contributed by atoms with Crippen LogP contribution in [0.15, 0.2) is 182 Å². The van der Waals surface area contributed by atoms with E-state index in [1.165, 1.54) is 22.3 Å². The minimum Gasteiger partial charge on any atom is -0.493 e. The first-order valence-corrected chi connectivity index (χ1v) is 51.6. The normalized spacial score (nSPS) is 16.4. The summed E-state index contributed by atoms with van der Waals surface area (Å²) in [6.07, 6.45) is 15.3. The fourth-order valence-corrected chi connectivity index (χ4v) is 22.1. The maximum absolute atomic E-state index is 14.3. The molecule has 145 heavy (non-hydrogen) atoms. The van der Waals surface area contributed by atoms with E-state index >= 15 is 0 Å². The van der Waals surface area contributed by atoms with Gasteiger partial charge in [0.05, 0.1) is 80.3 Å². The predicted molar refractivity (Wildman–Crippen MR) is 560 cm³/mol. The fraction of sp³-hybridized carbons (Fsp3) is 0.419. The first-order valence-electron chi connectivity index (χ1n) is 50.6. The van der Waals surface area contributed by atoms with Gasteiger partial charge in [-0.05, 0) is 274 Å². The molecule has 4 atom stereocenters. The Morgan fingerprint density at radius 2 is 0.786 bits per heavy atom. The van der Waals surface area contributed by atoms with Crippen molar-refractivity contribution in [2.75, 3.05) is 163 Å². The van der Waals surface area contributed by atoms with Crippen molar-refractivity contribution in [2.45, 2.75) is 186 Å². The van der Waals surface area contributed by atoms with Crippen LogP contribution in [-0.2, 0) is 181 Å². The molecule has 8 heterocycles. The number of para-hydroxylation sites is 4. The Bertz CT molecular complexity index is 6240. The zero-order valence-corrected chi connectivity index (χ0v) is 91.9. The Labute approximate surface area is 908 Å². The smallest absolute Gasteiger partial charge is 0.258 e. The average Bonchev–Trinajstić information content (AvgIpc) is 1.63. The molecule has 10 aromatic rings. The number of nitrogens with zero attached hydrogens (tertiary/aromatic N) is 6. The molecule has 0 bridgehead atoms. The number of benzene rings is 10.